The monoisotopic (exact) mass is 344 g/mol. The van der Waals surface area contributed by atoms with Gasteiger partial charge in [0.25, 0.3) is 15.9 Å². The lowest BCUT2D eigenvalue weighted by Crippen LogP contribution is -2.35. The molecule has 0 unspecified atom stereocenters. The molecule has 6 nitrogen and oxygen atoms in total. The molecule has 0 bridgehead atoms. The van der Waals surface area contributed by atoms with E-state index in [4.69, 9.17) is 10.00 Å². The van der Waals surface area contributed by atoms with Crippen molar-refractivity contribution >= 4 is 15.9 Å². The average Bonchev–Trinajstić information content (AvgIpc) is 2.56. The molecule has 0 aromatic heterocycles. The summed E-state index contributed by atoms with van der Waals surface area (Å²) in [6, 6.07) is 14.7. The SMILES string of the molecule is CO[C@H](C(=O)NS(=O)(=O)c1cc(C#N)ccc1C)c1ccccc1. The van der Waals surface area contributed by atoms with Gasteiger partial charge in [-0.25, -0.2) is 13.1 Å². The number of nitrogens with one attached hydrogen (secondary N) is 1. The first-order valence-electron chi connectivity index (χ1n) is 7.04. The number of hydrogen-bond donors (Lipinski definition) is 1. The van der Waals surface area contributed by atoms with E-state index in [1.807, 2.05) is 10.8 Å². The van der Waals surface area contributed by atoms with E-state index in [2.05, 4.69) is 0 Å². The molecule has 2 aromatic carbocycles. The van der Waals surface area contributed by atoms with E-state index in [0.29, 0.717) is 11.1 Å². The van der Waals surface area contributed by atoms with Crippen LogP contribution in [0.3, 0.4) is 0 Å². The highest BCUT2D eigenvalue weighted by Gasteiger charge is 2.27. The zero-order valence-electron chi connectivity index (χ0n) is 13.2. The van der Waals surface area contributed by atoms with Crippen LogP contribution in [0.2, 0.25) is 0 Å². The number of carbonyl (C=O) groups is 1. The average molecular weight is 344 g/mol. The molecule has 0 aliphatic rings. The van der Waals surface area contributed by atoms with Gasteiger partial charge in [0, 0.05) is 7.11 Å². The zero-order valence-corrected chi connectivity index (χ0v) is 14.0. The van der Waals surface area contributed by atoms with Gasteiger partial charge in [-0.2, -0.15) is 5.26 Å². The lowest BCUT2D eigenvalue weighted by Gasteiger charge is -2.16. The summed E-state index contributed by atoms with van der Waals surface area (Å²) in [5.74, 6) is -0.800. The Morgan fingerprint density at radius 2 is 1.88 bits per heavy atom. The topological polar surface area (TPSA) is 96.3 Å². The highest BCUT2D eigenvalue weighted by Crippen LogP contribution is 2.20. The smallest absolute Gasteiger partial charge is 0.267 e. The van der Waals surface area contributed by atoms with Crippen molar-refractivity contribution in [2.24, 2.45) is 0 Å². The van der Waals surface area contributed by atoms with Crippen LogP contribution in [0, 0.1) is 18.3 Å². The van der Waals surface area contributed by atoms with Crippen LogP contribution in [0.5, 0.6) is 0 Å². The van der Waals surface area contributed by atoms with Crippen molar-refractivity contribution in [2.45, 2.75) is 17.9 Å². The van der Waals surface area contributed by atoms with E-state index in [1.54, 1.807) is 37.3 Å². The second-order valence-electron chi connectivity index (χ2n) is 5.09. The Morgan fingerprint density at radius 3 is 2.46 bits per heavy atom. The number of methoxy groups -OCH3 is 1. The van der Waals surface area contributed by atoms with Crippen LogP contribution in [0.4, 0.5) is 0 Å². The second kappa shape index (κ2) is 7.25. The molecule has 124 valence electrons. The lowest BCUT2D eigenvalue weighted by atomic mass is 10.1. The fraction of sp³-hybridized carbons (Fsp3) is 0.176. The molecule has 1 atom stereocenters. The molecule has 0 spiro atoms. The maximum absolute atomic E-state index is 12.5. The van der Waals surface area contributed by atoms with Crippen molar-refractivity contribution in [2.75, 3.05) is 7.11 Å². The van der Waals surface area contributed by atoms with Gasteiger partial charge in [-0.05, 0) is 30.2 Å². The van der Waals surface area contributed by atoms with E-state index in [-0.39, 0.29) is 10.5 Å². The maximum atomic E-state index is 12.5. The van der Waals surface area contributed by atoms with Crippen molar-refractivity contribution < 1.29 is 17.9 Å². The molecule has 0 radical (unpaired) electrons. The summed E-state index contributed by atoms with van der Waals surface area (Å²) in [6.07, 6.45) is -1.06. The van der Waals surface area contributed by atoms with Gasteiger partial charge in [-0.1, -0.05) is 36.4 Å². The summed E-state index contributed by atoms with van der Waals surface area (Å²) in [7, 11) is -2.79. The van der Waals surface area contributed by atoms with Gasteiger partial charge in [0.05, 0.1) is 16.5 Å². The van der Waals surface area contributed by atoms with Crippen molar-refractivity contribution in [1.29, 1.82) is 5.26 Å². The minimum atomic E-state index is -4.12. The number of benzene rings is 2. The number of rotatable bonds is 5. The molecule has 0 heterocycles. The van der Waals surface area contributed by atoms with E-state index in [1.165, 1.54) is 25.3 Å². The summed E-state index contributed by atoms with van der Waals surface area (Å²) in [5.41, 5.74) is 1.16. The minimum absolute atomic E-state index is 0.113. The van der Waals surface area contributed by atoms with Gasteiger partial charge in [0.15, 0.2) is 6.10 Å². The molecule has 2 aromatic rings. The van der Waals surface area contributed by atoms with Crippen molar-refractivity contribution in [1.82, 2.24) is 4.72 Å². The third-order valence-electron chi connectivity index (χ3n) is 3.42. The molecule has 7 heteroatoms. The van der Waals surface area contributed by atoms with Gasteiger partial charge in [0.1, 0.15) is 0 Å². The van der Waals surface area contributed by atoms with Gasteiger partial charge < -0.3 is 4.74 Å². The van der Waals surface area contributed by atoms with Crippen molar-refractivity contribution in [3.05, 3.63) is 65.2 Å². The van der Waals surface area contributed by atoms with Crippen molar-refractivity contribution in [3.8, 4) is 6.07 Å². The molecule has 24 heavy (non-hydrogen) atoms. The maximum Gasteiger partial charge on any atom is 0.267 e. The molecular formula is C17H16N2O4S. The van der Waals surface area contributed by atoms with E-state index in [0.717, 1.165) is 0 Å². The van der Waals surface area contributed by atoms with Gasteiger partial charge in [-0.3, -0.25) is 4.79 Å². The molecule has 0 saturated heterocycles. The van der Waals surface area contributed by atoms with Crippen LogP contribution in [0.1, 0.15) is 22.8 Å². The normalized spacial score (nSPS) is 12.2. The minimum Gasteiger partial charge on any atom is -0.367 e. The van der Waals surface area contributed by atoms with Crippen LogP contribution in [0.15, 0.2) is 53.4 Å². The lowest BCUT2D eigenvalue weighted by molar-refractivity contribution is -0.129. The Hall–Kier alpha value is -2.69. The molecule has 1 amide bonds. The van der Waals surface area contributed by atoms with E-state index < -0.39 is 22.0 Å². The van der Waals surface area contributed by atoms with Gasteiger partial charge in [0.2, 0.25) is 0 Å². The molecule has 0 fully saturated rings. The highest BCUT2D eigenvalue weighted by atomic mass is 32.2. The summed E-state index contributed by atoms with van der Waals surface area (Å²) in [5, 5.41) is 8.92. The van der Waals surface area contributed by atoms with Gasteiger partial charge in [-0.15, -0.1) is 0 Å². The fourth-order valence-corrected chi connectivity index (χ4v) is 3.48. The third-order valence-corrected chi connectivity index (χ3v) is 4.91. The van der Waals surface area contributed by atoms with Gasteiger partial charge >= 0.3 is 0 Å². The Morgan fingerprint density at radius 1 is 1.21 bits per heavy atom. The number of hydrogen-bond acceptors (Lipinski definition) is 5. The Labute approximate surface area is 140 Å². The first kappa shape index (κ1) is 17.7. The molecule has 0 aliphatic heterocycles. The van der Waals surface area contributed by atoms with Crippen LogP contribution in [-0.2, 0) is 19.6 Å². The highest BCUT2D eigenvalue weighted by molar-refractivity contribution is 7.90. The van der Waals surface area contributed by atoms with Crippen LogP contribution in [-0.4, -0.2) is 21.4 Å². The predicted octanol–water partition coefficient (Wildman–Crippen LogP) is 2.06. The summed E-state index contributed by atoms with van der Waals surface area (Å²) >= 11 is 0. The Balaban J connectivity index is 2.32. The molecule has 0 saturated carbocycles. The van der Waals surface area contributed by atoms with Crippen LogP contribution >= 0.6 is 0 Å². The standard InChI is InChI=1S/C17H16N2O4S/c1-12-8-9-13(11-18)10-15(12)24(21,22)19-17(20)16(23-2)14-6-4-3-5-7-14/h3-10,16H,1-2H3,(H,19,20)/t16-/m0/s1. The van der Waals surface area contributed by atoms with E-state index in [9.17, 15) is 13.2 Å². The molecule has 2 rings (SSSR count). The number of carbonyl (C=O) groups excluding carboxylic acids is 1. The van der Waals surface area contributed by atoms with E-state index >= 15 is 0 Å². The number of aryl methyl sites for hydroxylation is 1. The molecular weight excluding hydrogens is 328 g/mol. The zero-order chi connectivity index (χ0) is 17.7. The Bertz CT molecular complexity index is 887. The number of amides is 1. The number of nitriles is 1. The Kier molecular flexibility index (Phi) is 5.34. The third kappa shape index (κ3) is 3.79. The predicted molar refractivity (Wildman–Crippen MR) is 87.4 cm³/mol. The number of ether oxygens (including phenoxy) is 1. The van der Waals surface area contributed by atoms with Crippen molar-refractivity contribution in [3.63, 3.8) is 0 Å². The largest absolute Gasteiger partial charge is 0.367 e. The fourth-order valence-electron chi connectivity index (χ4n) is 2.22. The number of nitrogens with zero attached hydrogens (tertiary/aromatic N) is 1. The first-order chi connectivity index (χ1) is 11.4. The second-order valence-corrected chi connectivity index (χ2v) is 6.74. The summed E-state index contributed by atoms with van der Waals surface area (Å²) in [4.78, 5) is 12.2. The summed E-state index contributed by atoms with van der Waals surface area (Å²) < 4.78 is 32.1. The molecule has 1 N–H and O–H groups in total. The molecule has 0 aliphatic carbocycles. The quantitative estimate of drug-likeness (QED) is 0.895. The number of sulfonamides is 1. The van der Waals surface area contributed by atoms with Crippen LogP contribution < -0.4 is 4.72 Å². The first-order valence-corrected chi connectivity index (χ1v) is 8.52. The summed E-state index contributed by atoms with van der Waals surface area (Å²) in [6.45, 7) is 1.59. The van der Waals surface area contributed by atoms with Crippen LogP contribution in [0.25, 0.3) is 0 Å².